The van der Waals surface area contributed by atoms with E-state index in [2.05, 4.69) is 5.32 Å². The monoisotopic (exact) mass is 205 g/mol. The highest BCUT2D eigenvalue weighted by molar-refractivity contribution is 5.70. The fraction of sp³-hybridized carbons (Fsp3) is 0.417. The molecule has 0 aromatic heterocycles. The Balaban J connectivity index is 1.90. The number of carboxylic acids is 1. The van der Waals surface area contributed by atoms with Crippen LogP contribution < -0.4 is 5.32 Å². The Bertz CT molecular complexity index is 337. The summed E-state index contributed by atoms with van der Waals surface area (Å²) in [6.07, 6.45) is 2.48. The highest BCUT2D eigenvalue weighted by atomic mass is 16.4. The van der Waals surface area contributed by atoms with Gasteiger partial charge in [-0.25, -0.2) is 0 Å². The number of carboxylic acid groups (broad SMARTS) is 1. The molecule has 3 nitrogen and oxygen atoms in total. The van der Waals surface area contributed by atoms with Crippen molar-refractivity contribution in [2.24, 2.45) is 5.92 Å². The van der Waals surface area contributed by atoms with Crippen molar-refractivity contribution in [3.8, 4) is 0 Å². The Labute approximate surface area is 89.1 Å². The van der Waals surface area contributed by atoms with E-state index >= 15 is 0 Å². The predicted molar refractivity (Wildman–Crippen MR) is 58.8 cm³/mol. The molecule has 1 aliphatic rings. The molecule has 1 fully saturated rings. The summed E-state index contributed by atoms with van der Waals surface area (Å²) in [7, 11) is 0. The predicted octanol–water partition coefficient (Wildman–Crippen LogP) is 2.35. The van der Waals surface area contributed by atoms with Crippen molar-refractivity contribution in [3.63, 3.8) is 0 Å². The molecule has 0 bridgehead atoms. The van der Waals surface area contributed by atoms with Gasteiger partial charge in [0, 0.05) is 11.7 Å². The number of benzene rings is 1. The Morgan fingerprint density at radius 1 is 1.27 bits per heavy atom. The van der Waals surface area contributed by atoms with Gasteiger partial charge in [0.1, 0.15) is 0 Å². The van der Waals surface area contributed by atoms with Crippen LogP contribution in [0.1, 0.15) is 19.3 Å². The maximum Gasteiger partial charge on any atom is 0.306 e. The standard InChI is InChI=1S/C12H15NO2/c14-12(15)9-6-7-11(8-9)13-10-4-2-1-3-5-10/h1-5,9,11,13H,6-8H2,(H,14,15)/t9-,11+/m0/s1. The summed E-state index contributed by atoms with van der Waals surface area (Å²) in [6, 6.07) is 10.3. The summed E-state index contributed by atoms with van der Waals surface area (Å²) in [6.45, 7) is 0. The first kappa shape index (κ1) is 10.0. The highest BCUT2D eigenvalue weighted by Crippen LogP contribution is 2.28. The van der Waals surface area contributed by atoms with Crippen molar-refractivity contribution in [2.75, 3.05) is 5.32 Å². The van der Waals surface area contributed by atoms with E-state index in [4.69, 9.17) is 5.11 Å². The van der Waals surface area contributed by atoms with Crippen LogP contribution in [0.15, 0.2) is 30.3 Å². The summed E-state index contributed by atoms with van der Waals surface area (Å²) < 4.78 is 0. The van der Waals surface area contributed by atoms with Crippen LogP contribution in [-0.2, 0) is 4.79 Å². The first-order valence-electron chi connectivity index (χ1n) is 5.30. The molecule has 1 aliphatic carbocycles. The summed E-state index contributed by atoms with van der Waals surface area (Å²) in [5.41, 5.74) is 1.08. The van der Waals surface area contributed by atoms with Crippen molar-refractivity contribution in [1.29, 1.82) is 0 Å². The smallest absolute Gasteiger partial charge is 0.306 e. The molecule has 0 heterocycles. The van der Waals surface area contributed by atoms with Crippen molar-refractivity contribution >= 4 is 11.7 Å². The van der Waals surface area contributed by atoms with Gasteiger partial charge in [0.15, 0.2) is 0 Å². The molecule has 3 heteroatoms. The zero-order valence-corrected chi connectivity index (χ0v) is 8.52. The Kier molecular flexibility index (Phi) is 2.90. The van der Waals surface area contributed by atoms with Crippen LogP contribution in [0.25, 0.3) is 0 Å². The minimum Gasteiger partial charge on any atom is -0.481 e. The van der Waals surface area contributed by atoms with Gasteiger partial charge in [0.05, 0.1) is 5.92 Å². The molecular formula is C12H15NO2. The zero-order valence-electron chi connectivity index (χ0n) is 8.52. The van der Waals surface area contributed by atoms with Crippen molar-refractivity contribution in [3.05, 3.63) is 30.3 Å². The number of hydrogen-bond donors (Lipinski definition) is 2. The van der Waals surface area contributed by atoms with Gasteiger partial charge < -0.3 is 10.4 Å². The molecule has 0 spiro atoms. The second kappa shape index (κ2) is 4.34. The van der Waals surface area contributed by atoms with Crippen molar-refractivity contribution in [2.45, 2.75) is 25.3 Å². The summed E-state index contributed by atoms with van der Waals surface area (Å²) in [5.74, 6) is -0.821. The molecule has 0 aliphatic heterocycles. The topological polar surface area (TPSA) is 49.3 Å². The second-order valence-electron chi connectivity index (χ2n) is 4.06. The molecule has 0 amide bonds. The summed E-state index contributed by atoms with van der Waals surface area (Å²) in [5, 5.41) is 12.2. The average Bonchev–Trinajstić information content (AvgIpc) is 2.68. The normalized spacial score (nSPS) is 25.1. The lowest BCUT2D eigenvalue weighted by Gasteiger charge is -2.13. The molecule has 1 saturated carbocycles. The zero-order chi connectivity index (χ0) is 10.7. The van der Waals surface area contributed by atoms with Crippen LogP contribution in [0.3, 0.4) is 0 Å². The third-order valence-electron chi connectivity index (χ3n) is 2.93. The number of hydrogen-bond acceptors (Lipinski definition) is 2. The van der Waals surface area contributed by atoms with Gasteiger partial charge in [-0.3, -0.25) is 4.79 Å². The van der Waals surface area contributed by atoms with E-state index in [9.17, 15) is 4.79 Å². The minimum atomic E-state index is -0.660. The van der Waals surface area contributed by atoms with Crippen LogP contribution >= 0.6 is 0 Å². The number of carbonyl (C=O) groups is 1. The molecule has 2 rings (SSSR count). The van der Waals surface area contributed by atoms with Gasteiger partial charge in [-0.05, 0) is 31.4 Å². The van der Waals surface area contributed by atoms with E-state index in [1.54, 1.807) is 0 Å². The third-order valence-corrected chi connectivity index (χ3v) is 2.93. The average molecular weight is 205 g/mol. The Hall–Kier alpha value is -1.51. The van der Waals surface area contributed by atoms with Crippen LogP contribution in [0, 0.1) is 5.92 Å². The lowest BCUT2D eigenvalue weighted by molar-refractivity contribution is -0.141. The number of rotatable bonds is 3. The first-order valence-corrected chi connectivity index (χ1v) is 5.30. The fourth-order valence-electron chi connectivity index (χ4n) is 2.11. The number of aliphatic carboxylic acids is 1. The maximum absolute atomic E-state index is 10.8. The minimum absolute atomic E-state index is 0.161. The molecule has 0 saturated heterocycles. The van der Waals surface area contributed by atoms with Gasteiger partial charge in [-0.2, -0.15) is 0 Å². The number of para-hydroxylation sites is 1. The van der Waals surface area contributed by atoms with E-state index in [0.717, 1.165) is 24.9 Å². The van der Waals surface area contributed by atoms with E-state index in [0.29, 0.717) is 6.04 Å². The van der Waals surface area contributed by atoms with E-state index in [1.165, 1.54) is 0 Å². The largest absolute Gasteiger partial charge is 0.481 e. The SMILES string of the molecule is O=C(O)[C@H]1CC[C@@H](Nc2ccccc2)C1. The first-order chi connectivity index (χ1) is 7.25. The Morgan fingerprint density at radius 2 is 2.00 bits per heavy atom. The Morgan fingerprint density at radius 3 is 2.60 bits per heavy atom. The summed E-state index contributed by atoms with van der Waals surface area (Å²) in [4.78, 5) is 10.8. The summed E-state index contributed by atoms with van der Waals surface area (Å²) >= 11 is 0. The van der Waals surface area contributed by atoms with E-state index in [1.807, 2.05) is 30.3 Å². The molecule has 1 aromatic rings. The lowest BCUT2D eigenvalue weighted by Crippen LogP contribution is -2.17. The molecule has 0 radical (unpaired) electrons. The quantitative estimate of drug-likeness (QED) is 0.796. The maximum atomic E-state index is 10.8. The molecule has 15 heavy (non-hydrogen) atoms. The lowest BCUT2D eigenvalue weighted by atomic mass is 10.1. The van der Waals surface area contributed by atoms with E-state index in [-0.39, 0.29) is 5.92 Å². The van der Waals surface area contributed by atoms with Crippen molar-refractivity contribution in [1.82, 2.24) is 0 Å². The van der Waals surface area contributed by atoms with Gasteiger partial charge in [0.2, 0.25) is 0 Å². The van der Waals surface area contributed by atoms with Crippen molar-refractivity contribution < 1.29 is 9.90 Å². The molecule has 0 unspecified atom stereocenters. The number of nitrogens with one attached hydrogen (secondary N) is 1. The number of anilines is 1. The van der Waals surface area contributed by atoms with Crippen LogP contribution in [0.5, 0.6) is 0 Å². The van der Waals surface area contributed by atoms with Gasteiger partial charge in [-0.1, -0.05) is 18.2 Å². The third kappa shape index (κ3) is 2.49. The molecule has 2 atom stereocenters. The second-order valence-corrected chi connectivity index (χ2v) is 4.06. The van der Waals surface area contributed by atoms with Crippen LogP contribution in [0.4, 0.5) is 5.69 Å². The highest BCUT2D eigenvalue weighted by Gasteiger charge is 2.29. The molecule has 80 valence electrons. The molecule has 2 N–H and O–H groups in total. The van der Waals surface area contributed by atoms with Crippen LogP contribution in [0.2, 0.25) is 0 Å². The molecule has 1 aromatic carbocycles. The van der Waals surface area contributed by atoms with Crippen LogP contribution in [-0.4, -0.2) is 17.1 Å². The van der Waals surface area contributed by atoms with E-state index < -0.39 is 5.97 Å². The fourth-order valence-corrected chi connectivity index (χ4v) is 2.11. The van der Waals surface area contributed by atoms with Gasteiger partial charge in [0.25, 0.3) is 0 Å². The molecular weight excluding hydrogens is 190 g/mol. The van der Waals surface area contributed by atoms with Gasteiger partial charge in [-0.15, -0.1) is 0 Å². The van der Waals surface area contributed by atoms with Gasteiger partial charge >= 0.3 is 5.97 Å².